The first-order valence-corrected chi connectivity index (χ1v) is 6.09. The first-order chi connectivity index (χ1) is 7.66. The highest BCUT2D eigenvalue weighted by Crippen LogP contribution is 2.25. The van der Waals surface area contributed by atoms with E-state index in [1.54, 1.807) is 6.20 Å². The summed E-state index contributed by atoms with van der Waals surface area (Å²) >= 11 is 5.87. The van der Waals surface area contributed by atoms with Gasteiger partial charge in [0, 0.05) is 25.0 Å². The molecule has 2 rings (SSSR count). The number of nitrogens with zero attached hydrogens (tertiary/aromatic N) is 2. The molecule has 1 N–H and O–H groups in total. The van der Waals surface area contributed by atoms with Crippen LogP contribution in [-0.4, -0.2) is 29.3 Å². The molecule has 1 atom stereocenters. The van der Waals surface area contributed by atoms with Crippen molar-refractivity contribution in [3.05, 3.63) is 23.5 Å². The van der Waals surface area contributed by atoms with E-state index in [1.165, 1.54) is 0 Å². The molecule has 16 heavy (non-hydrogen) atoms. The molecule has 88 valence electrons. The molecule has 0 amide bonds. The fourth-order valence-corrected chi connectivity index (χ4v) is 2.40. The molecule has 0 radical (unpaired) electrons. The Kier molecular flexibility index (Phi) is 3.66. The molecule has 0 spiro atoms. The van der Waals surface area contributed by atoms with Gasteiger partial charge in [0.1, 0.15) is 5.15 Å². The molecule has 0 bridgehead atoms. The molecule has 0 aliphatic carbocycles. The summed E-state index contributed by atoms with van der Waals surface area (Å²) in [5.41, 5.74) is 1.13. The van der Waals surface area contributed by atoms with Crippen molar-refractivity contribution in [3.8, 4) is 0 Å². The average Bonchev–Trinajstić information content (AvgIpc) is 2.29. The van der Waals surface area contributed by atoms with Crippen LogP contribution in [0.4, 0.5) is 5.69 Å². The summed E-state index contributed by atoms with van der Waals surface area (Å²) in [6.07, 6.45) is 3.62. The van der Waals surface area contributed by atoms with Gasteiger partial charge < -0.3 is 10.0 Å². The van der Waals surface area contributed by atoms with Gasteiger partial charge in [-0.25, -0.2) is 4.98 Å². The third-order valence-electron chi connectivity index (χ3n) is 3.30. The van der Waals surface area contributed by atoms with Crippen molar-refractivity contribution >= 4 is 17.3 Å². The first-order valence-electron chi connectivity index (χ1n) is 5.71. The number of hydrogen-bond acceptors (Lipinski definition) is 3. The van der Waals surface area contributed by atoms with Crippen molar-refractivity contribution in [2.24, 2.45) is 5.92 Å². The van der Waals surface area contributed by atoms with Crippen LogP contribution in [0.3, 0.4) is 0 Å². The maximum Gasteiger partial charge on any atom is 0.131 e. The van der Waals surface area contributed by atoms with Gasteiger partial charge in [0.25, 0.3) is 0 Å². The number of aromatic nitrogens is 1. The van der Waals surface area contributed by atoms with Crippen LogP contribution in [-0.2, 0) is 0 Å². The lowest BCUT2D eigenvalue weighted by Gasteiger charge is -2.34. The maximum atomic E-state index is 9.53. The Morgan fingerprint density at radius 2 is 2.19 bits per heavy atom. The van der Waals surface area contributed by atoms with Crippen molar-refractivity contribution in [1.82, 2.24) is 4.98 Å². The first kappa shape index (κ1) is 11.7. The Morgan fingerprint density at radius 1 is 1.50 bits per heavy atom. The lowest BCUT2D eigenvalue weighted by atomic mass is 9.92. The monoisotopic (exact) mass is 240 g/mol. The fraction of sp³-hybridized carbons (Fsp3) is 0.583. The quantitative estimate of drug-likeness (QED) is 0.807. The molecule has 1 saturated heterocycles. The van der Waals surface area contributed by atoms with Gasteiger partial charge in [-0.3, -0.25) is 0 Å². The Bertz CT molecular complexity index is 349. The van der Waals surface area contributed by atoms with Gasteiger partial charge in [-0.1, -0.05) is 11.6 Å². The third kappa shape index (κ3) is 2.66. The van der Waals surface area contributed by atoms with Crippen LogP contribution in [0, 0.1) is 5.92 Å². The van der Waals surface area contributed by atoms with Gasteiger partial charge >= 0.3 is 0 Å². The second kappa shape index (κ2) is 5.02. The number of piperidine rings is 1. The van der Waals surface area contributed by atoms with Crippen LogP contribution in [0.25, 0.3) is 0 Å². The summed E-state index contributed by atoms with van der Waals surface area (Å²) in [5.74, 6) is 0.438. The van der Waals surface area contributed by atoms with Gasteiger partial charge in [-0.15, -0.1) is 0 Å². The normalized spacial score (nSPS) is 19.8. The molecule has 3 nitrogen and oxygen atoms in total. The Labute approximate surface area is 101 Å². The molecule has 1 unspecified atom stereocenters. The number of aliphatic hydroxyl groups excluding tert-OH is 1. The Morgan fingerprint density at radius 3 is 2.75 bits per heavy atom. The minimum atomic E-state index is -0.192. The van der Waals surface area contributed by atoms with Gasteiger partial charge in [-0.2, -0.15) is 0 Å². The molecular formula is C12H17ClN2O. The summed E-state index contributed by atoms with van der Waals surface area (Å²) in [6, 6.07) is 3.87. The number of halogens is 1. The highest BCUT2D eigenvalue weighted by molar-refractivity contribution is 6.29. The van der Waals surface area contributed by atoms with E-state index in [9.17, 15) is 5.11 Å². The molecule has 1 aliphatic heterocycles. The highest BCUT2D eigenvalue weighted by atomic mass is 35.5. The standard InChI is InChI=1S/C12H17ClN2O/c1-9(16)10-3-6-15(7-4-10)11-2-5-14-12(13)8-11/h2,5,8-10,16H,3-4,6-7H2,1H3. The van der Waals surface area contributed by atoms with E-state index < -0.39 is 0 Å². The van der Waals surface area contributed by atoms with Crippen LogP contribution in [0.1, 0.15) is 19.8 Å². The molecule has 4 heteroatoms. The van der Waals surface area contributed by atoms with E-state index in [0.717, 1.165) is 31.6 Å². The van der Waals surface area contributed by atoms with Gasteiger partial charge in [0.15, 0.2) is 0 Å². The molecule has 2 heterocycles. The lowest BCUT2D eigenvalue weighted by molar-refractivity contribution is 0.110. The second-order valence-electron chi connectivity index (χ2n) is 4.40. The maximum absolute atomic E-state index is 9.53. The molecular weight excluding hydrogens is 224 g/mol. The van der Waals surface area contributed by atoms with E-state index in [0.29, 0.717) is 11.1 Å². The zero-order valence-electron chi connectivity index (χ0n) is 9.43. The summed E-state index contributed by atoms with van der Waals surface area (Å²) in [5, 5.41) is 10.1. The SMILES string of the molecule is CC(O)C1CCN(c2ccnc(Cl)c2)CC1. The van der Waals surface area contributed by atoms with Crippen LogP contribution < -0.4 is 4.90 Å². The zero-order chi connectivity index (χ0) is 11.5. The van der Waals surface area contributed by atoms with Gasteiger partial charge in [0.2, 0.25) is 0 Å². The van der Waals surface area contributed by atoms with Gasteiger partial charge in [0.05, 0.1) is 6.10 Å². The van der Waals surface area contributed by atoms with E-state index in [4.69, 9.17) is 11.6 Å². The van der Waals surface area contributed by atoms with Crippen LogP contribution in [0.15, 0.2) is 18.3 Å². The van der Waals surface area contributed by atoms with Gasteiger partial charge in [-0.05, 0) is 37.8 Å². The predicted octanol–water partition coefficient (Wildman–Crippen LogP) is 2.33. The van der Waals surface area contributed by atoms with E-state index >= 15 is 0 Å². The summed E-state index contributed by atoms with van der Waals surface area (Å²) < 4.78 is 0. The number of rotatable bonds is 2. The third-order valence-corrected chi connectivity index (χ3v) is 3.50. The van der Waals surface area contributed by atoms with Crippen LogP contribution >= 0.6 is 11.6 Å². The minimum absolute atomic E-state index is 0.192. The van der Waals surface area contributed by atoms with Crippen LogP contribution in [0.2, 0.25) is 5.15 Å². The molecule has 1 fully saturated rings. The van der Waals surface area contributed by atoms with Crippen molar-refractivity contribution in [2.45, 2.75) is 25.9 Å². The van der Waals surface area contributed by atoms with Crippen molar-refractivity contribution in [1.29, 1.82) is 0 Å². The molecule has 0 aromatic carbocycles. The fourth-order valence-electron chi connectivity index (χ4n) is 2.23. The Hall–Kier alpha value is -0.800. The van der Waals surface area contributed by atoms with Crippen molar-refractivity contribution < 1.29 is 5.11 Å². The summed E-state index contributed by atoms with van der Waals surface area (Å²) in [4.78, 5) is 6.27. The van der Waals surface area contributed by atoms with Crippen molar-refractivity contribution in [3.63, 3.8) is 0 Å². The average molecular weight is 241 g/mol. The topological polar surface area (TPSA) is 36.4 Å². The van der Waals surface area contributed by atoms with E-state index in [2.05, 4.69) is 9.88 Å². The number of hydrogen-bond donors (Lipinski definition) is 1. The smallest absolute Gasteiger partial charge is 0.131 e. The predicted molar refractivity (Wildman–Crippen MR) is 65.9 cm³/mol. The lowest BCUT2D eigenvalue weighted by Crippen LogP contribution is -2.37. The molecule has 1 aliphatic rings. The van der Waals surface area contributed by atoms with E-state index in [-0.39, 0.29) is 6.10 Å². The summed E-state index contributed by atoms with van der Waals surface area (Å²) in [7, 11) is 0. The molecule has 1 aromatic heterocycles. The minimum Gasteiger partial charge on any atom is -0.393 e. The highest BCUT2D eigenvalue weighted by Gasteiger charge is 2.22. The molecule has 1 aromatic rings. The van der Waals surface area contributed by atoms with Crippen LogP contribution in [0.5, 0.6) is 0 Å². The second-order valence-corrected chi connectivity index (χ2v) is 4.79. The van der Waals surface area contributed by atoms with Crippen molar-refractivity contribution in [2.75, 3.05) is 18.0 Å². The number of aliphatic hydroxyl groups is 1. The Balaban J connectivity index is 1.99. The number of anilines is 1. The molecule has 0 saturated carbocycles. The summed E-state index contributed by atoms with van der Waals surface area (Å²) in [6.45, 7) is 3.84. The largest absolute Gasteiger partial charge is 0.393 e. The van der Waals surface area contributed by atoms with E-state index in [1.807, 2.05) is 19.1 Å². The number of pyridine rings is 1. The zero-order valence-corrected chi connectivity index (χ0v) is 10.2.